The maximum Gasteiger partial charge on any atom is 0.229 e. The Bertz CT molecular complexity index is 310. The fourth-order valence-corrected chi connectivity index (χ4v) is 1.51. The van der Waals surface area contributed by atoms with Crippen LogP contribution in [-0.4, -0.2) is 46.5 Å². The Hall–Kier alpha value is -1.14. The molecule has 4 unspecified atom stereocenters. The highest BCUT2D eigenvalue weighted by molar-refractivity contribution is 5.17. The molecule has 0 aromatic carbocycles. The maximum atomic E-state index is 9.66. The van der Waals surface area contributed by atoms with Crippen LogP contribution in [0.25, 0.3) is 0 Å². The van der Waals surface area contributed by atoms with E-state index in [1.807, 2.05) is 6.92 Å². The summed E-state index contributed by atoms with van der Waals surface area (Å²) in [5, 5.41) is 28.1. The van der Waals surface area contributed by atoms with Crippen molar-refractivity contribution < 1.29 is 24.8 Å². The first-order valence-corrected chi connectivity index (χ1v) is 5.38. The molecule has 0 spiro atoms. The second kappa shape index (κ2) is 6.56. The van der Waals surface area contributed by atoms with E-state index in [2.05, 4.69) is 6.58 Å². The van der Waals surface area contributed by atoms with E-state index in [4.69, 9.17) is 14.6 Å². The molecule has 17 heavy (non-hydrogen) atoms. The number of aliphatic hydroxyl groups excluding tert-OH is 3. The number of ether oxygens (including phenoxy) is 2. The van der Waals surface area contributed by atoms with Crippen LogP contribution in [0.15, 0.2) is 36.6 Å². The Balaban J connectivity index is 2.68. The molecule has 4 atom stereocenters. The molecule has 5 heteroatoms. The molecule has 0 amide bonds. The van der Waals surface area contributed by atoms with E-state index >= 15 is 0 Å². The first kappa shape index (κ1) is 13.9. The molecule has 0 aliphatic carbocycles. The van der Waals surface area contributed by atoms with Crippen LogP contribution in [0.2, 0.25) is 0 Å². The van der Waals surface area contributed by atoms with Crippen LogP contribution in [0.5, 0.6) is 0 Å². The van der Waals surface area contributed by atoms with Gasteiger partial charge in [-0.15, -0.1) is 0 Å². The molecule has 0 aromatic rings. The predicted octanol–water partition coefficient (Wildman–Crippen LogP) is 0.0880. The molecule has 1 aliphatic heterocycles. The number of hydrogen-bond acceptors (Lipinski definition) is 5. The van der Waals surface area contributed by atoms with Crippen molar-refractivity contribution in [3.8, 4) is 0 Å². The first-order chi connectivity index (χ1) is 8.13. The lowest BCUT2D eigenvalue weighted by Crippen LogP contribution is -2.34. The largest absolute Gasteiger partial charge is 0.462 e. The normalized spacial score (nSPS) is 34.2. The monoisotopic (exact) mass is 242 g/mol. The summed E-state index contributed by atoms with van der Waals surface area (Å²) < 4.78 is 10.5. The second-order valence-electron chi connectivity index (χ2n) is 3.63. The quantitative estimate of drug-likeness (QED) is 0.470. The molecule has 0 radical (unpaired) electrons. The van der Waals surface area contributed by atoms with Gasteiger partial charge in [-0.3, -0.25) is 0 Å². The van der Waals surface area contributed by atoms with Crippen LogP contribution < -0.4 is 0 Å². The van der Waals surface area contributed by atoms with E-state index in [1.165, 1.54) is 6.08 Å². The minimum Gasteiger partial charge on any atom is -0.462 e. The molecule has 1 aliphatic rings. The van der Waals surface area contributed by atoms with Gasteiger partial charge in [-0.05, 0) is 19.1 Å². The van der Waals surface area contributed by atoms with Crippen molar-refractivity contribution in [3.63, 3.8) is 0 Å². The van der Waals surface area contributed by atoms with Crippen LogP contribution >= 0.6 is 0 Å². The Labute approximate surface area is 100 Å². The lowest BCUT2D eigenvalue weighted by Gasteiger charge is -2.17. The minimum atomic E-state index is -1.19. The average molecular weight is 242 g/mol. The highest BCUT2D eigenvalue weighted by Crippen LogP contribution is 2.24. The number of aliphatic hydroxyl groups is 3. The summed E-state index contributed by atoms with van der Waals surface area (Å²) in [5.41, 5.74) is 0. The smallest absolute Gasteiger partial charge is 0.229 e. The van der Waals surface area contributed by atoms with E-state index in [0.29, 0.717) is 5.76 Å². The standard InChI is InChI=1S/C12H18O5/c1-3-5-8(6-4-2)16-12-11(15)10(14)9(7-13)17-12/h3-6,9-15H,1,7H2,2H3/b6-4-,8-5+. The van der Waals surface area contributed by atoms with Gasteiger partial charge in [0.2, 0.25) is 6.29 Å². The topological polar surface area (TPSA) is 79.2 Å². The number of allylic oxidation sites excluding steroid dienone is 4. The molecule has 1 heterocycles. The molecule has 96 valence electrons. The van der Waals surface area contributed by atoms with Gasteiger partial charge in [-0.1, -0.05) is 18.7 Å². The summed E-state index contributed by atoms with van der Waals surface area (Å²) in [7, 11) is 0. The second-order valence-corrected chi connectivity index (χ2v) is 3.63. The van der Waals surface area contributed by atoms with Gasteiger partial charge in [0.05, 0.1) is 6.61 Å². The molecule has 1 fully saturated rings. The predicted molar refractivity (Wildman–Crippen MR) is 61.9 cm³/mol. The van der Waals surface area contributed by atoms with E-state index in [1.54, 1.807) is 18.2 Å². The van der Waals surface area contributed by atoms with Crippen molar-refractivity contribution in [1.29, 1.82) is 0 Å². The highest BCUT2D eigenvalue weighted by atomic mass is 16.7. The zero-order valence-electron chi connectivity index (χ0n) is 9.69. The van der Waals surface area contributed by atoms with E-state index in [-0.39, 0.29) is 6.61 Å². The number of rotatable bonds is 5. The average Bonchev–Trinajstić information content (AvgIpc) is 2.58. The molecule has 0 aromatic heterocycles. The molecule has 1 rings (SSSR count). The van der Waals surface area contributed by atoms with Crippen LogP contribution in [0.3, 0.4) is 0 Å². The van der Waals surface area contributed by atoms with Crippen LogP contribution in [0, 0.1) is 0 Å². The zero-order valence-corrected chi connectivity index (χ0v) is 9.69. The fraction of sp³-hybridized carbons (Fsp3) is 0.500. The van der Waals surface area contributed by atoms with Gasteiger partial charge in [0.15, 0.2) is 0 Å². The molecular formula is C12H18O5. The Morgan fingerprint density at radius 1 is 1.41 bits per heavy atom. The first-order valence-electron chi connectivity index (χ1n) is 5.38. The molecule has 5 nitrogen and oxygen atoms in total. The third-order valence-electron chi connectivity index (χ3n) is 2.36. The molecule has 1 saturated heterocycles. The van der Waals surface area contributed by atoms with E-state index in [0.717, 1.165) is 0 Å². The fourth-order valence-electron chi connectivity index (χ4n) is 1.51. The third-order valence-corrected chi connectivity index (χ3v) is 2.36. The lowest BCUT2D eigenvalue weighted by atomic mass is 10.1. The van der Waals surface area contributed by atoms with Crippen molar-refractivity contribution in [2.45, 2.75) is 31.5 Å². The van der Waals surface area contributed by atoms with E-state index in [9.17, 15) is 10.2 Å². The van der Waals surface area contributed by atoms with Crippen molar-refractivity contribution in [2.75, 3.05) is 6.61 Å². The molecule has 0 bridgehead atoms. The van der Waals surface area contributed by atoms with Crippen molar-refractivity contribution in [1.82, 2.24) is 0 Å². The third kappa shape index (κ3) is 3.41. The SMILES string of the molecule is C=C/C=C(\C=C/C)OC1OC(CO)C(O)C1O. The summed E-state index contributed by atoms with van der Waals surface area (Å²) in [6.07, 6.45) is 2.42. The zero-order chi connectivity index (χ0) is 12.8. The van der Waals surface area contributed by atoms with Crippen molar-refractivity contribution in [3.05, 3.63) is 36.6 Å². The lowest BCUT2D eigenvalue weighted by molar-refractivity contribution is -0.144. The summed E-state index contributed by atoms with van der Waals surface area (Å²) in [4.78, 5) is 0. The summed E-state index contributed by atoms with van der Waals surface area (Å²) >= 11 is 0. The summed E-state index contributed by atoms with van der Waals surface area (Å²) in [6.45, 7) is 4.98. The van der Waals surface area contributed by atoms with Gasteiger partial charge in [0.25, 0.3) is 0 Å². The van der Waals surface area contributed by atoms with Gasteiger partial charge >= 0.3 is 0 Å². The summed E-state index contributed by atoms with van der Waals surface area (Å²) in [6, 6.07) is 0. The molecule has 0 saturated carbocycles. The highest BCUT2D eigenvalue weighted by Gasteiger charge is 2.43. The molecular weight excluding hydrogens is 224 g/mol. The minimum absolute atomic E-state index is 0.373. The van der Waals surface area contributed by atoms with E-state index < -0.39 is 24.6 Å². The van der Waals surface area contributed by atoms with Gasteiger partial charge in [0.1, 0.15) is 24.1 Å². The van der Waals surface area contributed by atoms with Crippen LogP contribution in [0.4, 0.5) is 0 Å². The van der Waals surface area contributed by atoms with Crippen molar-refractivity contribution in [2.24, 2.45) is 0 Å². The van der Waals surface area contributed by atoms with Crippen LogP contribution in [-0.2, 0) is 9.47 Å². The van der Waals surface area contributed by atoms with Crippen LogP contribution in [0.1, 0.15) is 6.92 Å². The van der Waals surface area contributed by atoms with Crippen molar-refractivity contribution >= 4 is 0 Å². The Morgan fingerprint density at radius 3 is 2.59 bits per heavy atom. The molecule has 3 N–H and O–H groups in total. The summed E-state index contributed by atoms with van der Waals surface area (Å²) in [5.74, 6) is 0.456. The van der Waals surface area contributed by atoms with Gasteiger partial charge < -0.3 is 24.8 Å². The van der Waals surface area contributed by atoms with Gasteiger partial charge in [-0.25, -0.2) is 0 Å². The number of hydrogen-bond donors (Lipinski definition) is 3. The Kier molecular flexibility index (Phi) is 5.37. The maximum absolute atomic E-state index is 9.66. The van der Waals surface area contributed by atoms with Gasteiger partial charge in [0, 0.05) is 0 Å². The van der Waals surface area contributed by atoms with Gasteiger partial charge in [-0.2, -0.15) is 0 Å². The Morgan fingerprint density at radius 2 is 2.12 bits per heavy atom.